The fraction of sp³-hybridized carbons (Fsp3) is 1.00. The summed E-state index contributed by atoms with van der Waals surface area (Å²) in [5, 5.41) is 0. The zero-order valence-electron chi connectivity index (χ0n) is 30.9. The van der Waals surface area contributed by atoms with Crippen LogP contribution in [0.1, 0.15) is 128 Å². The minimum absolute atomic E-state index is 0.742. The van der Waals surface area contributed by atoms with E-state index in [1.807, 2.05) is 41.5 Å². The summed E-state index contributed by atoms with van der Waals surface area (Å²) in [6.07, 6.45) is 10.0. The lowest BCUT2D eigenvalue weighted by molar-refractivity contribution is 0.138. The van der Waals surface area contributed by atoms with Gasteiger partial charge in [0.1, 0.15) is 0 Å². The lowest BCUT2D eigenvalue weighted by Crippen LogP contribution is -2.39. The van der Waals surface area contributed by atoms with Gasteiger partial charge in [-0.1, -0.05) is 69.2 Å². The molecule has 2 unspecified atom stereocenters. The summed E-state index contributed by atoms with van der Waals surface area (Å²) >= 11 is 0. The number of hydrogen-bond donors (Lipinski definition) is 0. The Bertz CT molecular complexity index is 561. The standard InChI is InChI=1S/C17H34N2.C14H28N2.3C2H6/c1-14(2)17-8-10-18(13-17)9-5-16-6-11-19(12-7-16)15(3)4;1-12(2)14-6-9-16(11-14)10-13-4-7-15(3)8-5-13;3*1-2/h14-17H,5-13H2,1-4H3;12-14H,4-11H2,1-3H3;3*1-2H3. The van der Waals surface area contributed by atoms with Crippen molar-refractivity contribution in [2.75, 3.05) is 72.5 Å². The van der Waals surface area contributed by atoms with Crippen LogP contribution in [0, 0.1) is 35.5 Å². The van der Waals surface area contributed by atoms with Crippen LogP contribution >= 0.6 is 0 Å². The van der Waals surface area contributed by atoms with Gasteiger partial charge in [0.15, 0.2) is 0 Å². The average molecular weight is 581 g/mol. The molecule has 4 rings (SSSR count). The molecule has 0 aromatic heterocycles. The Morgan fingerprint density at radius 3 is 1.41 bits per heavy atom. The Balaban J connectivity index is 0.000000666. The first-order valence-electron chi connectivity index (χ1n) is 18.6. The highest BCUT2D eigenvalue weighted by Crippen LogP contribution is 2.27. The number of nitrogens with zero attached hydrogens (tertiary/aromatic N) is 4. The van der Waals surface area contributed by atoms with Gasteiger partial charge in [0.05, 0.1) is 0 Å². The molecule has 0 bridgehead atoms. The molecule has 0 spiro atoms. The van der Waals surface area contributed by atoms with Gasteiger partial charge in [-0.25, -0.2) is 0 Å². The van der Waals surface area contributed by atoms with E-state index in [0.29, 0.717) is 0 Å². The maximum Gasteiger partial charge on any atom is 0.00385 e. The van der Waals surface area contributed by atoms with Crippen molar-refractivity contribution >= 4 is 0 Å². The number of piperidine rings is 2. The Kier molecular flexibility index (Phi) is 24.1. The van der Waals surface area contributed by atoms with Gasteiger partial charge in [0.2, 0.25) is 0 Å². The first kappa shape index (κ1) is 40.8. The van der Waals surface area contributed by atoms with E-state index in [1.54, 1.807) is 0 Å². The van der Waals surface area contributed by atoms with Gasteiger partial charge < -0.3 is 19.6 Å². The smallest absolute Gasteiger partial charge is 0.00385 e. The molecule has 4 fully saturated rings. The molecule has 4 saturated heterocycles. The summed E-state index contributed by atoms with van der Waals surface area (Å²) in [5.41, 5.74) is 0. The molecule has 4 aliphatic heterocycles. The van der Waals surface area contributed by atoms with Crippen LogP contribution in [-0.2, 0) is 0 Å². The van der Waals surface area contributed by atoms with Gasteiger partial charge >= 0.3 is 0 Å². The number of likely N-dealkylation sites (tertiary alicyclic amines) is 4. The summed E-state index contributed by atoms with van der Waals surface area (Å²) in [6.45, 7) is 39.6. The van der Waals surface area contributed by atoms with Crippen molar-refractivity contribution in [1.82, 2.24) is 19.6 Å². The van der Waals surface area contributed by atoms with E-state index in [4.69, 9.17) is 0 Å². The van der Waals surface area contributed by atoms with Crippen LogP contribution in [-0.4, -0.2) is 98.1 Å². The Hall–Kier alpha value is -0.160. The molecule has 4 nitrogen and oxygen atoms in total. The van der Waals surface area contributed by atoms with Gasteiger partial charge in [-0.05, 0) is 147 Å². The quantitative estimate of drug-likeness (QED) is 0.284. The fourth-order valence-corrected chi connectivity index (χ4v) is 6.92. The largest absolute Gasteiger partial charge is 0.306 e. The molecule has 0 N–H and O–H groups in total. The van der Waals surface area contributed by atoms with E-state index >= 15 is 0 Å². The van der Waals surface area contributed by atoms with Gasteiger partial charge in [-0.15, -0.1) is 0 Å². The van der Waals surface area contributed by atoms with E-state index in [2.05, 4.69) is 68.2 Å². The molecular weight excluding hydrogens is 500 g/mol. The predicted octanol–water partition coefficient (Wildman–Crippen LogP) is 8.86. The van der Waals surface area contributed by atoms with Crippen LogP contribution in [0.15, 0.2) is 0 Å². The molecule has 0 amide bonds. The maximum atomic E-state index is 2.72. The van der Waals surface area contributed by atoms with E-state index in [9.17, 15) is 0 Å². The summed E-state index contributed by atoms with van der Waals surface area (Å²) in [5.74, 6) is 5.64. The molecule has 248 valence electrons. The van der Waals surface area contributed by atoms with Crippen molar-refractivity contribution in [3.8, 4) is 0 Å². The summed E-state index contributed by atoms with van der Waals surface area (Å²) in [4.78, 5) is 10.6. The maximum absolute atomic E-state index is 2.72. The van der Waals surface area contributed by atoms with Crippen molar-refractivity contribution in [2.45, 2.75) is 134 Å². The highest BCUT2D eigenvalue weighted by molar-refractivity contribution is 4.82. The molecule has 41 heavy (non-hydrogen) atoms. The summed E-state index contributed by atoms with van der Waals surface area (Å²) in [6, 6.07) is 0.742. The second-order valence-electron chi connectivity index (χ2n) is 13.8. The zero-order valence-corrected chi connectivity index (χ0v) is 30.9. The zero-order chi connectivity index (χ0) is 31.4. The van der Waals surface area contributed by atoms with Crippen molar-refractivity contribution in [1.29, 1.82) is 0 Å². The molecule has 0 aromatic rings. The highest BCUT2D eigenvalue weighted by atomic mass is 15.2. The summed E-state index contributed by atoms with van der Waals surface area (Å²) < 4.78 is 0. The minimum atomic E-state index is 0.742. The molecule has 0 aliphatic carbocycles. The molecule has 4 aliphatic rings. The van der Waals surface area contributed by atoms with Gasteiger partial charge in [-0.2, -0.15) is 0 Å². The molecule has 0 saturated carbocycles. The topological polar surface area (TPSA) is 13.0 Å². The van der Waals surface area contributed by atoms with Gasteiger partial charge in [0.25, 0.3) is 0 Å². The molecule has 4 heteroatoms. The van der Waals surface area contributed by atoms with Crippen LogP contribution in [0.25, 0.3) is 0 Å². The second kappa shape index (κ2) is 24.2. The fourth-order valence-electron chi connectivity index (χ4n) is 6.92. The van der Waals surface area contributed by atoms with E-state index in [-0.39, 0.29) is 0 Å². The van der Waals surface area contributed by atoms with E-state index in [1.165, 1.54) is 110 Å². The van der Waals surface area contributed by atoms with Crippen molar-refractivity contribution in [3.63, 3.8) is 0 Å². The van der Waals surface area contributed by atoms with E-state index in [0.717, 1.165) is 41.5 Å². The SMILES string of the molecule is CC.CC.CC.CC(C)C1CCN(CC2CCN(C)CC2)C1.CC(C)C1CCN(CCC2CCN(C(C)C)CC2)C1. The Morgan fingerprint density at radius 2 is 0.976 bits per heavy atom. The van der Waals surface area contributed by atoms with Crippen LogP contribution in [0.5, 0.6) is 0 Å². The molecule has 0 radical (unpaired) electrons. The number of hydrogen-bond acceptors (Lipinski definition) is 4. The van der Waals surface area contributed by atoms with Gasteiger partial charge in [-0.3, -0.25) is 0 Å². The van der Waals surface area contributed by atoms with Crippen LogP contribution in [0.4, 0.5) is 0 Å². The van der Waals surface area contributed by atoms with Crippen molar-refractivity contribution in [2.24, 2.45) is 35.5 Å². The first-order chi connectivity index (χ1) is 19.7. The number of rotatable bonds is 8. The van der Waals surface area contributed by atoms with Crippen molar-refractivity contribution in [3.05, 3.63) is 0 Å². The van der Waals surface area contributed by atoms with Crippen LogP contribution < -0.4 is 0 Å². The molecule has 2 atom stereocenters. The summed E-state index contributed by atoms with van der Waals surface area (Å²) in [7, 11) is 2.25. The second-order valence-corrected chi connectivity index (χ2v) is 13.8. The van der Waals surface area contributed by atoms with Crippen LogP contribution in [0.3, 0.4) is 0 Å². The lowest BCUT2D eigenvalue weighted by atomic mass is 9.92. The highest BCUT2D eigenvalue weighted by Gasteiger charge is 2.28. The van der Waals surface area contributed by atoms with Crippen LogP contribution in [0.2, 0.25) is 0 Å². The Morgan fingerprint density at radius 1 is 0.537 bits per heavy atom. The third-order valence-electron chi connectivity index (χ3n) is 10.1. The van der Waals surface area contributed by atoms with Crippen molar-refractivity contribution < 1.29 is 0 Å². The lowest BCUT2D eigenvalue weighted by Gasteiger charge is -2.35. The molecule has 4 heterocycles. The average Bonchev–Trinajstić information content (AvgIpc) is 3.67. The molecular formula is C37H80N4. The van der Waals surface area contributed by atoms with E-state index < -0.39 is 0 Å². The minimum Gasteiger partial charge on any atom is -0.306 e. The third-order valence-corrected chi connectivity index (χ3v) is 10.1. The predicted molar refractivity (Wildman–Crippen MR) is 187 cm³/mol. The molecule has 0 aromatic carbocycles. The monoisotopic (exact) mass is 581 g/mol. The first-order valence-corrected chi connectivity index (χ1v) is 18.6. The van der Waals surface area contributed by atoms with Gasteiger partial charge in [0, 0.05) is 25.7 Å². The third kappa shape index (κ3) is 16.5. The Labute approximate surface area is 261 Å². The normalized spacial score (nSPS) is 25.2.